The molecule has 0 atom stereocenters. The molecule has 0 spiro atoms. The molecule has 3 aromatic rings. The molecule has 5 heteroatoms. The van der Waals surface area contributed by atoms with Crippen molar-refractivity contribution in [3.05, 3.63) is 58.9 Å². The first-order chi connectivity index (χ1) is 11.7. The molecule has 126 valence electrons. The number of unbranched alkanes of at least 4 members (excludes halogenated alkanes) is 1. The van der Waals surface area contributed by atoms with E-state index in [9.17, 15) is 5.11 Å². The molecular weight excluding hydrogens is 324 g/mol. The highest BCUT2D eigenvalue weighted by atomic mass is 35.5. The van der Waals surface area contributed by atoms with Crippen LogP contribution >= 0.6 is 11.6 Å². The Morgan fingerprint density at radius 2 is 2.00 bits per heavy atom. The van der Waals surface area contributed by atoms with Gasteiger partial charge in [0.1, 0.15) is 18.2 Å². The second-order valence-electron chi connectivity index (χ2n) is 5.79. The number of fused-ring (bicyclic) bond motifs is 1. The van der Waals surface area contributed by atoms with Crippen LogP contribution in [0.2, 0.25) is 5.02 Å². The van der Waals surface area contributed by atoms with Gasteiger partial charge < -0.3 is 14.4 Å². The third-order valence-electron chi connectivity index (χ3n) is 4.05. The topological polar surface area (TPSA) is 47.3 Å². The minimum atomic E-state index is -0.0464. The Hall–Kier alpha value is -2.04. The third-order valence-corrected chi connectivity index (χ3v) is 4.47. The van der Waals surface area contributed by atoms with Crippen LogP contribution in [0.3, 0.4) is 0 Å². The summed E-state index contributed by atoms with van der Waals surface area (Å²) in [7, 11) is 0. The van der Waals surface area contributed by atoms with E-state index >= 15 is 0 Å². The summed E-state index contributed by atoms with van der Waals surface area (Å²) in [4.78, 5) is 4.46. The van der Waals surface area contributed by atoms with Crippen LogP contribution in [0.5, 0.6) is 5.75 Å². The SMILES string of the molecule is Cc1cc(OCCCCn2c(CO)nc3ccccc32)ccc1Cl. The number of rotatable bonds is 7. The first kappa shape index (κ1) is 16.8. The molecule has 2 aromatic carbocycles. The van der Waals surface area contributed by atoms with Gasteiger partial charge in [-0.15, -0.1) is 0 Å². The summed E-state index contributed by atoms with van der Waals surface area (Å²) in [5, 5.41) is 10.3. The quantitative estimate of drug-likeness (QED) is 0.648. The van der Waals surface area contributed by atoms with Crippen molar-refractivity contribution in [3.8, 4) is 5.75 Å². The van der Waals surface area contributed by atoms with Gasteiger partial charge in [-0.3, -0.25) is 0 Å². The molecule has 0 saturated carbocycles. The van der Waals surface area contributed by atoms with E-state index < -0.39 is 0 Å². The Morgan fingerprint density at radius 1 is 1.17 bits per heavy atom. The summed E-state index contributed by atoms with van der Waals surface area (Å²) < 4.78 is 7.86. The van der Waals surface area contributed by atoms with Crippen molar-refractivity contribution in [1.29, 1.82) is 0 Å². The third kappa shape index (κ3) is 3.71. The summed E-state index contributed by atoms with van der Waals surface area (Å²) in [5.41, 5.74) is 3.01. The van der Waals surface area contributed by atoms with Gasteiger partial charge in [0.15, 0.2) is 0 Å². The fourth-order valence-corrected chi connectivity index (χ4v) is 2.88. The van der Waals surface area contributed by atoms with E-state index in [-0.39, 0.29) is 6.61 Å². The lowest BCUT2D eigenvalue weighted by atomic mass is 10.2. The summed E-state index contributed by atoms with van der Waals surface area (Å²) >= 11 is 6.01. The number of aliphatic hydroxyl groups excluding tert-OH is 1. The van der Waals surface area contributed by atoms with E-state index in [0.717, 1.165) is 46.8 Å². The number of para-hydroxylation sites is 2. The van der Waals surface area contributed by atoms with Crippen LogP contribution in [0.25, 0.3) is 11.0 Å². The molecule has 24 heavy (non-hydrogen) atoms. The number of aliphatic hydroxyl groups is 1. The molecule has 0 amide bonds. The molecule has 0 radical (unpaired) electrons. The lowest BCUT2D eigenvalue weighted by Gasteiger charge is -2.10. The predicted molar refractivity (Wildman–Crippen MR) is 96.6 cm³/mol. The maximum absolute atomic E-state index is 9.50. The highest BCUT2D eigenvalue weighted by Gasteiger charge is 2.08. The van der Waals surface area contributed by atoms with Crippen LogP contribution < -0.4 is 4.74 Å². The van der Waals surface area contributed by atoms with Crippen molar-refractivity contribution >= 4 is 22.6 Å². The van der Waals surface area contributed by atoms with Crippen molar-refractivity contribution in [1.82, 2.24) is 9.55 Å². The van der Waals surface area contributed by atoms with E-state index in [1.54, 1.807) is 0 Å². The molecule has 1 heterocycles. The fraction of sp³-hybridized carbons (Fsp3) is 0.316. The van der Waals surface area contributed by atoms with Crippen molar-refractivity contribution in [2.24, 2.45) is 0 Å². The van der Waals surface area contributed by atoms with Crippen LogP contribution in [0.1, 0.15) is 24.2 Å². The van der Waals surface area contributed by atoms with Crippen LogP contribution in [-0.4, -0.2) is 21.3 Å². The fourth-order valence-electron chi connectivity index (χ4n) is 2.76. The number of hydrogen-bond acceptors (Lipinski definition) is 3. The standard InChI is InChI=1S/C19H21ClN2O2/c1-14-12-15(8-9-16(14)20)24-11-5-4-10-22-18-7-3-2-6-17(18)21-19(22)13-23/h2-3,6-9,12,23H,4-5,10-11,13H2,1H3. The van der Waals surface area contributed by atoms with Crippen LogP contribution in [0.15, 0.2) is 42.5 Å². The Labute approximate surface area is 146 Å². The zero-order chi connectivity index (χ0) is 16.9. The van der Waals surface area contributed by atoms with Gasteiger partial charge in [-0.05, 0) is 55.7 Å². The number of aryl methyl sites for hydroxylation is 2. The largest absolute Gasteiger partial charge is 0.494 e. The monoisotopic (exact) mass is 344 g/mol. The van der Waals surface area contributed by atoms with E-state index in [0.29, 0.717) is 12.4 Å². The number of halogens is 1. The maximum Gasteiger partial charge on any atom is 0.135 e. The lowest BCUT2D eigenvalue weighted by Crippen LogP contribution is -2.06. The molecule has 1 aromatic heterocycles. The summed E-state index contributed by atoms with van der Waals surface area (Å²) in [6, 6.07) is 13.7. The first-order valence-electron chi connectivity index (χ1n) is 8.13. The molecule has 4 nitrogen and oxygen atoms in total. The smallest absolute Gasteiger partial charge is 0.135 e. The Morgan fingerprint density at radius 3 is 2.79 bits per heavy atom. The summed E-state index contributed by atoms with van der Waals surface area (Å²) in [5.74, 6) is 1.56. The molecule has 0 fully saturated rings. The summed E-state index contributed by atoms with van der Waals surface area (Å²) in [6.45, 7) is 3.40. The van der Waals surface area contributed by atoms with Crippen molar-refractivity contribution in [2.75, 3.05) is 6.61 Å². The second kappa shape index (κ2) is 7.69. The number of hydrogen-bond donors (Lipinski definition) is 1. The average Bonchev–Trinajstić information content (AvgIpc) is 2.95. The molecule has 0 aliphatic rings. The number of ether oxygens (including phenoxy) is 1. The van der Waals surface area contributed by atoms with Crippen molar-refractivity contribution in [3.63, 3.8) is 0 Å². The molecule has 0 saturated heterocycles. The molecular formula is C19H21ClN2O2. The number of aromatic nitrogens is 2. The van der Waals surface area contributed by atoms with Gasteiger partial charge in [-0.2, -0.15) is 0 Å². The highest BCUT2D eigenvalue weighted by molar-refractivity contribution is 6.31. The molecule has 0 bridgehead atoms. The highest BCUT2D eigenvalue weighted by Crippen LogP contribution is 2.21. The van der Waals surface area contributed by atoms with Gasteiger partial charge in [0.2, 0.25) is 0 Å². The minimum absolute atomic E-state index is 0.0464. The zero-order valence-electron chi connectivity index (χ0n) is 13.7. The Bertz CT molecular complexity index is 829. The molecule has 3 rings (SSSR count). The Balaban J connectivity index is 1.54. The van der Waals surface area contributed by atoms with Gasteiger partial charge >= 0.3 is 0 Å². The first-order valence-corrected chi connectivity index (χ1v) is 8.51. The van der Waals surface area contributed by atoms with Gasteiger partial charge in [-0.25, -0.2) is 4.98 Å². The van der Waals surface area contributed by atoms with E-state index in [1.807, 2.05) is 49.4 Å². The molecule has 0 aliphatic heterocycles. The van der Waals surface area contributed by atoms with E-state index in [4.69, 9.17) is 16.3 Å². The Kier molecular flexibility index (Phi) is 5.38. The van der Waals surface area contributed by atoms with E-state index in [2.05, 4.69) is 9.55 Å². The number of benzene rings is 2. The maximum atomic E-state index is 9.50. The van der Waals surface area contributed by atoms with Crippen LogP contribution in [0, 0.1) is 6.92 Å². The number of nitrogens with zero attached hydrogens (tertiary/aromatic N) is 2. The molecule has 1 N–H and O–H groups in total. The lowest BCUT2D eigenvalue weighted by molar-refractivity contribution is 0.263. The van der Waals surface area contributed by atoms with Gasteiger partial charge in [0, 0.05) is 11.6 Å². The van der Waals surface area contributed by atoms with Gasteiger partial charge in [0.05, 0.1) is 17.6 Å². The van der Waals surface area contributed by atoms with E-state index in [1.165, 1.54) is 0 Å². The average molecular weight is 345 g/mol. The molecule has 0 aliphatic carbocycles. The van der Waals surface area contributed by atoms with Gasteiger partial charge in [0.25, 0.3) is 0 Å². The van der Waals surface area contributed by atoms with Crippen molar-refractivity contribution < 1.29 is 9.84 Å². The molecule has 0 unspecified atom stereocenters. The van der Waals surface area contributed by atoms with Crippen LogP contribution in [0.4, 0.5) is 0 Å². The van der Waals surface area contributed by atoms with Crippen molar-refractivity contribution in [2.45, 2.75) is 32.9 Å². The normalized spacial score (nSPS) is 11.1. The van der Waals surface area contributed by atoms with Crippen LogP contribution in [-0.2, 0) is 13.2 Å². The zero-order valence-corrected chi connectivity index (χ0v) is 14.5. The van der Waals surface area contributed by atoms with Gasteiger partial charge in [-0.1, -0.05) is 23.7 Å². The second-order valence-corrected chi connectivity index (χ2v) is 6.20. The minimum Gasteiger partial charge on any atom is -0.494 e. The number of imidazole rings is 1. The summed E-state index contributed by atoms with van der Waals surface area (Å²) in [6.07, 6.45) is 1.89. The predicted octanol–water partition coefficient (Wildman–Crippen LogP) is 4.35.